The summed E-state index contributed by atoms with van der Waals surface area (Å²) < 4.78 is 28.4. The monoisotopic (exact) mass is 221 g/mol. The van der Waals surface area contributed by atoms with Crippen LogP contribution < -0.4 is 0 Å². The van der Waals surface area contributed by atoms with Crippen LogP contribution in [0.5, 0.6) is 0 Å². The van der Waals surface area contributed by atoms with Crippen molar-refractivity contribution in [3.63, 3.8) is 0 Å². The summed E-state index contributed by atoms with van der Waals surface area (Å²) in [7, 11) is 1.62. The van der Waals surface area contributed by atoms with Crippen LogP contribution in [-0.2, 0) is 7.05 Å². The minimum atomic E-state index is -0.900. The van der Waals surface area contributed by atoms with E-state index in [-0.39, 0.29) is 11.0 Å². The Kier molecular flexibility index (Phi) is 1.65. The molecule has 0 saturated carbocycles. The van der Waals surface area contributed by atoms with E-state index in [9.17, 15) is 8.78 Å². The van der Waals surface area contributed by atoms with E-state index < -0.39 is 11.8 Å². The minimum Gasteiger partial charge on any atom is -0.261 e. The Labute approximate surface area is 87.7 Å². The number of rotatable bonds is 0. The molecular weight excluding hydrogens is 216 g/mol. The molecule has 0 amide bonds. The first kappa shape index (κ1) is 9.08. The van der Waals surface area contributed by atoms with Gasteiger partial charge in [0.05, 0.1) is 11.6 Å². The zero-order valence-electron chi connectivity index (χ0n) is 8.15. The summed E-state index contributed by atoms with van der Waals surface area (Å²) in [5, 5.41) is 7.50. The largest absolute Gasteiger partial charge is 0.261 e. The number of aryl methyl sites for hydroxylation is 1. The average molecular weight is 221 g/mol. The molecule has 0 fully saturated rings. The van der Waals surface area contributed by atoms with Crippen molar-refractivity contribution in [2.75, 3.05) is 0 Å². The van der Waals surface area contributed by atoms with E-state index in [1.807, 2.05) is 0 Å². The van der Waals surface area contributed by atoms with Gasteiger partial charge in [0.2, 0.25) is 11.6 Å². The Morgan fingerprint density at radius 1 is 1.25 bits per heavy atom. The van der Waals surface area contributed by atoms with Crippen molar-refractivity contribution < 1.29 is 8.78 Å². The zero-order chi connectivity index (χ0) is 11.3. The number of aromatic nitrogens is 5. The summed E-state index contributed by atoms with van der Waals surface area (Å²) in [4.78, 5) is 7.24. The molecule has 0 unspecified atom stereocenters. The van der Waals surface area contributed by atoms with Gasteiger partial charge in [0.25, 0.3) is 0 Å². The van der Waals surface area contributed by atoms with Crippen LogP contribution in [0.2, 0.25) is 0 Å². The molecular formula is C9H5F2N5. The molecule has 0 aliphatic rings. The summed E-state index contributed by atoms with van der Waals surface area (Å²) >= 11 is 0. The second-order valence-corrected chi connectivity index (χ2v) is 3.33. The summed E-state index contributed by atoms with van der Waals surface area (Å²) in [6.07, 6.45) is 2.32. The molecule has 0 radical (unpaired) electrons. The van der Waals surface area contributed by atoms with E-state index in [0.29, 0.717) is 10.9 Å². The molecule has 3 aromatic rings. The van der Waals surface area contributed by atoms with Gasteiger partial charge >= 0.3 is 0 Å². The molecule has 16 heavy (non-hydrogen) atoms. The number of hydrogen-bond acceptors (Lipinski definition) is 4. The number of fused-ring (bicyclic) bond motifs is 3. The van der Waals surface area contributed by atoms with Gasteiger partial charge in [-0.15, -0.1) is 5.10 Å². The van der Waals surface area contributed by atoms with Crippen LogP contribution in [0.3, 0.4) is 0 Å². The lowest BCUT2D eigenvalue weighted by molar-refractivity contribution is 0.580. The van der Waals surface area contributed by atoms with Crippen molar-refractivity contribution >= 4 is 21.9 Å². The average Bonchev–Trinajstić information content (AvgIpc) is 2.60. The van der Waals surface area contributed by atoms with Crippen LogP contribution in [0.4, 0.5) is 8.78 Å². The van der Waals surface area contributed by atoms with E-state index in [4.69, 9.17) is 0 Å². The molecule has 0 aromatic carbocycles. The first-order valence-corrected chi connectivity index (χ1v) is 4.46. The van der Waals surface area contributed by atoms with Crippen LogP contribution in [0.1, 0.15) is 0 Å². The predicted octanol–water partition coefficient (Wildman–Crippen LogP) is 1.19. The van der Waals surface area contributed by atoms with Crippen molar-refractivity contribution in [2.45, 2.75) is 0 Å². The summed E-state index contributed by atoms with van der Waals surface area (Å²) in [5.41, 5.74) is 0.600. The molecule has 3 aromatic heterocycles. The van der Waals surface area contributed by atoms with Gasteiger partial charge in [-0.25, -0.2) is 9.07 Å². The maximum Gasteiger partial charge on any atom is 0.226 e. The zero-order valence-corrected chi connectivity index (χ0v) is 8.15. The highest BCUT2D eigenvalue weighted by Crippen LogP contribution is 2.24. The van der Waals surface area contributed by atoms with Crippen LogP contribution >= 0.6 is 0 Å². The van der Waals surface area contributed by atoms with Gasteiger partial charge in [-0.1, -0.05) is 5.21 Å². The Morgan fingerprint density at radius 3 is 2.88 bits per heavy atom. The van der Waals surface area contributed by atoms with Crippen LogP contribution in [0.15, 0.2) is 12.4 Å². The summed E-state index contributed by atoms with van der Waals surface area (Å²) in [6.45, 7) is 0. The normalized spacial score (nSPS) is 11.4. The van der Waals surface area contributed by atoms with Gasteiger partial charge in [-0.3, -0.25) is 4.98 Å². The highest BCUT2D eigenvalue weighted by atomic mass is 19.1. The first-order valence-electron chi connectivity index (χ1n) is 4.46. The lowest BCUT2D eigenvalue weighted by atomic mass is 10.2. The van der Waals surface area contributed by atoms with Gasteiger partial charge < -0.3 is 0 Å². The number of halogens is 2. The molecule has 5 nitrogen and oxygen atoms in total. The van der Waals surface area contributed by atoms with Gasteiger partial charge in [0.15, 0.2) is 5.82 Å². The second kappa shape index (κ2) is 2.91. The van der Waals surface area contributed by atoms with E-state index in [2.05, 4.69) is 20.3 Å². The van der Waals surface area contributed by atoms with Gasteiger partial charge in [-0.2, -0.15) is 9.37 Å². The second-order valence-electron chi connectivity index (χ2n) is 3.33. The Hall–Kier alpha value is -2.18. The maximum absolute atomic E-state index is 13.5. The standard InChI is InChI=1S/C9H5F2N5/c1-16-7-4-2-12-3-5(10)6(4)8(11)13-9(7)14-15-16/h2-3H,1H3. The topological polar surface area (TPSA) is 56.5 Å². The van der Waals surface area contributed by atoms with Crippen LogP contribution in [0, 0.1) is 11.8 Å². The molecule has 0 aliphatic carbocycles. The number of pyridine rings is 2. The first-order chi connectivity index (χ1) is 7.68. The fourth-order valence-corrected chi connectivity index (χ4v) is 1.69. The summed E-state index contributed by atoms with van der Waals surface area (Å²) in [5.74, 6) is -1.64. The molecule has 80 valence electrons. The van der Waals surface area contributed by atoms with E-state index in [1.165, 1.54) is 10.9 Å². The van der Waals surface area contributed by atoms with Gasteiger partial charge in [0, 0.05) is 18.6 Å². The third-order valence-corrected chi connectivity index (χ3v) is 2.37. The Morgan fingerprint density at radius 2 is 2.06 bits per heavy atom. The highest BCUT2D eigenvalue weighted by molar-refractivity contribution is 6.01. The van der Waals surface area contributed by atoms with Gasteiger partial charge in [-0.05, 0) is 0 Å². The lowest BCUT2D eigenvalue weighted by Gasteiger charge is -2.01. The SMILES string of the molecule is Cn1nnc2nc(F)c3c(F)cncc3c21. The molecule has 7 heteroatoms. The Bertz CT molecular complexity index is 706. The quantitative estimate of drug-likeness (QED) is 0.535. The van der Waals surface area contributed by atoms with Crippen LogP contribution in [0.25, 0.3) is 21.9 Å². The molecule has 0 bridgehead atoms. The lowest BCUT2D eigenvalue weighted by Crippen LogP contribution is -1.95. The molecule has 0 saturated heterocycles. The van der Waals surface area contributed by atoms with E-state index in [1.54, 1.807) is 7.05 Å². The number of nitrogens with zero attached hydrogens (tertiary/aromatic N) is 5. The van der Waals surface area contributed by atoms with Gasteiger partial charge in [0.1, 0.15) is 5.52 Å². The fraction of sp³-hybridized carbons (Fsp3) is 0.111. The maximum atomic E-state index is 13.5. The molecule has 0 aliphatic heterocycles. The van der Waals surface area contributed by atoms with E-state index in [0.717, 1.165) is 6.20 Å². The van der Waals surface area contributed by atoms with Crippen molar-refractivity contribution in [3.8, 4) is 0 Å². The smallest absolute Gasteiger partial charge is 0.226 e. The fourth-order valence-electron chi connectivity index (χ4n) is 1.69. The third kappa shape index (κ3) is 1.02. The van der Waals surface area contributed by atoms with E-state index >= 15 is 0 Å². The van der Waals surface area contributed by atoms with Crippen LogP contribution in [-0.4, -0.2) is 25.0 Å². The molecule has 0 spiro atoms. The molecule has 3 rings (SSSR count). The molecule has 0 N–H and O–H groups in total. The van der Waals surface area contributed by atoms with Crippen molar-refractivity contribution in [3.05, 3.63) is 24.2 Å². The van der Waals surface area contributed by atoms with Crippen molar-refractivity contribution in [1.82, 2.24) is 25.0 Å². The third-order valence-electron chi connectivity index (χ3n) is 2.37. The minimum absolute atomic E-state index is 0.139. The van der Waals surface area contributed by atoms with Crippen molar-refractivity contribution in [2.24, 2.45) is 7.05 Å². The van der Waals surface area contributed by atoms with Crippen molar-refractivity contribution in [1.29, 1.82) is 0 Å². The highest BCUT2D eigenvalue weighted by Gasteiger charge is 2.15. The molecule has 0 atom stereocenters. The predicted molar refractivity (Wildman–Crippen MR) is 51.5 cm³/mol. The summed E-state index contributed by atoms with van der Waals surface area (Å²) in [6, 6.07) is 0. The number of hydrogen-bond donors (Lipinski definition) is 0. The molecule has 3 heterocycles. The Balaban J connectivity index is 2.68.